The highest BCUT2D eigenvalue weighted by atomic mass is 32.1. The SMILES string of the molecule is CCCc1ccccc1.Cc1ccc(-c2ccc(-c3ccc4sc5ccccc5c4c3)cc2)cc1.Cc1ccc2c(c1)C(C)(C)c1cc(C3C=CC=CC3)ccc1-2. The summed E-state index contributed by atoms with van der Waals surface area (Å²) in [6.45, 7) is 11.2. The van der Waals surface area contributed by atoms with Crippen molar-refractivity contribution in [2.24, 2.45) is 0 Å². The van der Waals surface area contributed by atoms with Gasteiger partial charge in [0.25, 0.3) is 0 Å². The summed E-state index contributed by atoms with van der Waals surface area (Å²) in [5, 5.41) is 2.70. The summed E-state index contributed by atoms with van der Waals surface area (Å²) in [7, 11) is 0. The van der Waals surface area contributed by atoms with Gasteiger partial charge in [0.1, 0.15) is 0 Å². The van der Waals surface area contributed by atoms with E-state index in [1.165, 1.54) is 99.8 Å². The van der Waals surface area contributed by atoms with Gasteiger partial charge in [-0.25, -0.2) is 0 Å². The summed E-state index contributed by atoms with van der Waals surface area (Å²) in [6, 6.07) is 57.6. The number of hydrogen-bond donors (Lipinski definition) is 0. The van der Waals surface area contributed by atoms with Crippen LogP contribution in [0.15, 0.2) is 182 Å². The second-order valence-electron chi connectivity index (χ2n) is 16.1. The molecule has 0 radical (unpaired) electrons. The van der Waals surface area contributed by atoms with Crippen LogP contribution in [0.25, 0.3) is 53.6 Å². The Morgan fingerprint density at radius 2 is 1.14 bits per heavy atom. The third-order valence-corrected chi connectivity index (χ3v) is 12.8. The van der Waals surface area contributed by atoms with Crippen molar-refractivity contribution in [1.29, 1.82) is 0 Å². The Balaban J connectivity index is 0.000000133. The van der Waals surface area contributed by atoms with Crippen LogP contribution in [0.1, 0.15) is 72.9 Å². The van der Waals surface area contributed by atoms with E-state index in [0.717, 1.165) is 6.42 Å². The molecule has 2 aliphatic carbocycles. The minimum atomic E-state index is 0.0981. The number of thiophene rings is 1. The van der Waals surface area contributed by atoms with E-state index < -0.39 is 0 Å². The normalized spacial score (nSPS) is 14.6. The number of aryl methyl sites for hydroxylation is 3. The van der Waals surface area contributed by atoms with Gasteiger partial charge in [-0.05, 0) is 101 Å². The molecule has 0 aliphatic heterocycles. The van der Waals surface area contributed by atoms with Gasteiger partial charge in [0, 0.05) is 31.5 Å². The molecule has 0 N–H and O–H groups in total. The summed E-state index contributed by atoms with van der Waals surface area (Å²) in [4.78, 5) is 0. The van der Waals surface area contributed by atoms with Crippen LogP contribution < -0.4 is 0 Å². The van der Waals surface area contributed by atoms with Crippen molar-refractivity contribution in [3.63, 3.8) is 0 Å². The van der Waals surface area contributed by atoms with Crippen LogP contribution in [-0.4, -0.2) is 0 Å². The zero-order valence-corrected chi connectivity index (χ0v) is 34.7. The Hall–Kier alpha value is -5.76. The molecule has 0 nitrogen and oxygen atoms in total. The molecule has 10 rings (SSSR count). The summed E-state index contributed by atoms with van der Waals surface area (Å²) in [5.41, 5.74) is 16.5. The van der Waals surface area contributed by atoms with E-state index in [1.807, 2.05) is 11.3 Å². The molecule has 1 heteroatoms. The number of rotatable bonds is 5. The van der Waals surface area contributed by atoms with Crippen LogP contribution in [0, 0.1) is 13.8 Å². The van der Waals surface area contributed by atoms with Crippen molar-refractivity contribution >= 4 is 31.5 Å². The smallest absolute Gasteiger partial charge is 0.0355 e. The average Bonchev–Trinajstić information content (AvgIpc) is 3.73. The summed E-state index contributed by atoms with van der Waals surface area (Å²) < 4.78 is 2.71. The molecule has 282 valence electrons. The molecule has 2 aliphatic rings. The van der Waals surface area contributed by atoms with E-state index in [9.17, 15) is 0 Å². The maximum Gasteiger partial charge on any atom is 0.0355 e. The first-order chi connectivity index (χ1) is 27.8. The lowest BCUT2D eigenvalue weighted by Crippen LogP contribution is -2.15. The fourth-order valence-electron chi connectivity index (χ4n) is 8.37. The Bertz CT molecular complexity index is 2680. The van der Waals surface area contributed by atoms with E-state index in [4.69, 9.17) is 0 Å². The highest BCUT2D eigenvalue weighted by Gasteiger charge is 2.35. The first kappa shape index (κ1) is 38.1. The van der Waals surface area contributed by atoms with E-state index in [1.54, 1.807) is 0 Å². The fourth-order valence-corrected chi connectivity index (χ4v) is 9.45. The molecular formula is C56H52S. The molecular weight excluding hydrogens is 705 g/mol. The standard InChI is InChI=1S/C25H18S.C22H22.C9H12/c1-17-6-8-18(9-7-17)19-10-12-20(13-11-19)21-14-15-25-23(16-21)22-4-2-3-5-24(22)26-25;1-15-9-11-18-19-12-10-17(16-7-5-4-6-8-16)14-21(19)22(2,3)20(18)13-15;1-2-6-9-7-4-3-5-8-9/h2-16H,1H3;4-7,9-14,16H,8H2,1-3H3;3-5,7-8H,2,6H2,1H3. The Morgan fingerprint density at radius 1 is 0.544 bits per heavy atom. The highest BCUT2D eigenvalue weighted by molar-refractivity contribution is 7.25. The maximum absolute atomic E-state index is 2.44. The molecule has 7 aromatic carbocycles. The van der Waals surface area contributed by atoms with E-state index in [-0.39, 0.29) is 5.41 Å². The molecule has 0 amide bonds. The Kier molecular flexibility index (Phi) is 11.2. The van der Waals surface area contributed by atoms with Crippen LogP contribution >= 0.6 is 11.3 Å². The van der Waals surface area contributed by atoms with Crippen LogP contribution in [0.2, 0.25) is 0 Å². The zero-order valence-electron chi connectivity index (χ0n) is 33.9. The van der Waals surface area contributed by atoms with E-state index in [2.05, 4.69) is 217 Å². The first-order valence-electron chi connectivity index (χ1n) is 20.5. The van der Waals surface area contributed by atoms with Crippen molar-refractivity contribution in [3.8, 4) is 33.4 Å². The highest BCUT2D eigenvalue weighted by Crippen LogP contribution is 2.49. The molecule has 8 aromatic rings. The van der Waals surface area contributed by atoms with Crippen molar-refractivity contribution in [2.45, 2.75) is 65.2 Å². The van der Waals surface area contributed by atoms with Crippen LogP contribution in [0.5, 0.6) is 0 Å². The molecule has 57 heavy (non-hydrogen) atoms. The quantitative estimate of drug-likeness (QED) is 0.164. The third kappa shape index (κ3) is 8.22. The Labute approximate surface area is 343 Å². The second kappa shape index (κ2) is 16.8. The van der Waals surface area contributed by atoms with Crippen molar-refractivity contribution in [1.82, 2.24) is 0 Å². The maximum atomic E-state index is 2.44. The van der Waals surface area contributed by atoms with Crippen LogP contribution in [0.4, 0.5) is 0 Å². The molecule has 0 bridgehead atoms. The Morgan fingerprint density at radius 3 is 1.84 bits per heavy atom. The lowest BCUT2D eigenvalue weighted by Gasteiger charge is -2.23. The molecule has 1 atom stereocenters. The van der Waals surface area contributed by atoms with Crippen LogP contribution in [-0.2, 0) is 11.8 Å². The largest absolute Gasteiger partial charge is 0.135 e. The monoisotopic (exact) mass is 756 g/mol. The molecule has 0 saturated heterocycles. The topological polar surface area (TPSA) is 0 Å². The summed E-state index contributed by atoms with van der Waals surface area (Å²) >= 11 is 1.87. The second-order valence-corrected chi connectivity index (χ2v) is 17.2. The van der Waals surface area contributed by atoms with Crippen molar-refractivity contribution in [3.05, 3.63) is 215 Å². The number of allylic oxidation sites excluding steroid dienone is 4. The number of benzene rings is 7. The van der Waals surface area contributed by atoms with Gasteiger partial charge < -0.3 is 0 Å². The number of hydrogen-bond acceptors (Lipinski definition) is 1. The average molecular weight is 757 g/mol. The first-order valence-corrected chi connectivity index (χ1v) is 21.3. The van der Waals surface area contributed by atoms with E-state index >= 15 is 0 Å². The zero-order chi connectivity index (χ0) is 39.4. The van der Waals surface area contributed by atoms with Gasteiger partial charge in [-0.1, -0.05) is 202 Å². The predicted octanol–water partition coefficient (Wildman–Crippen LogP) is 16.2. The molecule has 0 spiro atoms. The molecule has 1 aromatic heterocycles. The van der Waals surface area contributed by atoms with Gasteiger partial charge in [0.2, 0.25) is 0 Å². The van der Waals surface area contributed by atoms with Crippen molar-refractivity contribution in [2.75, 3.05) is 0 Å². The molecule has 1 unspecified atom stereocenters. The number of fused-ring (bicyclic) bond motifs is 6. The van der Waals surface area contributed by atoms with Crippen molar-refractivity contribution < 1.29 is 0 Å². The van der Waals surface area contributed by atoms with E-state index in [0.29, 0.717) is 5.92 Å². The molecule has 0 fully saturated rings. The van der Waals surface area contributed by atoms with Gasteiger partial charge in [0.05, 0.1) is 0 Å². The summed E-state index contributed by atoms with van der Waals surface area (Å²) in [6.07, 6.45) is 12.5. The van der Waals surface area contributed by atoms with Gasteiger partial charge in [-0.3, -0.25) is 0 Å². The van der Waals surface area contributed by atoms with Gasteiger partial charge >= 0.3 is 0 Å². The predicted molar refractivity (Wildman–Crippen MR) is 250 cm³/mol. The minimum Gasteiger partial charge on any atom is -0.135 e. The van der Waals surface area contributed by atoms with Gasteiger partial charge in [-0.2, -0.15) is 0 Å². The summed E-state index contributed by atoms with van der Waals surface area (Å²) in [5.74, 6) is 0.525. The van der Waals surface area contributed by atoms with Gasteiger partial charge in [0.15, 0.2) is 0 Å². The molecule has 1 heterocycles. The lowest BCUT2D eigenvalue weighted by molar-refractivity contribution is 0.657. The third-order valence-electron chi connectivity index (χ3n) is 11.6. The van der Waals surface area contributed by atoms with Crippen LogP contribution in [0.3, 0.4) is 0 Å². The molecule has 0 saturated carbocycles. The lowest BCUT2D eigenvalue weighted by atomic mass is 9.80. The van der Waals surface area contributed by atoms with Gasteiger partial charge in [-0.15, -0.1) is 11.3 Å². The fraction of sp³-hybridized carbons (Fsp3) is 0.179. The minimum absolute atomic E-state index is 0.0981.